The van der Waals surface area contributed by atoms with E-state index in [4.69, 9.17) is 9.97 Å². The maximum absolute atomic E-state index is 5.56. The molecular weight excluding hydrogens is 785 g/mol. The van der Waals surface area contributed by atoms with Gasteiger partial charge in [0.25, 0.3) is 0 Å². The van der Waals surface area contributed by atoms with E-state index in [1.807, 2.05) is 17.4 Å². The molecule has 0 amide bonds. The molecule has 4 aromatic heterocycles. The van der Waals surface area contributed by atoms with Crippen molar-refractivity contribution in [2.75, 3.05) is 0 Å². The normalized spacial score (nSPS) is 12.1. The highest BCUT2D eigenvalue weighted by molar-refractivity contribution is 7.27. The van der Waals surface area contributed by atoms with Crippen molar-refractivity contribution in [3.63, 3.8) is 0 Å². The molecule has 0 atom stereocenters. The van der Waals surface area contributed by atoms with Crippen LogP contribution in [0.2, 0.25) is 0 Å². The second-order valence-electron chi connectivity index (χ2n) is 16.5. The minimum absolute atomic E-state index is 0.821. The third kappa shape index (κ3) is 4.97. The van der Waals surface area contributed by atoms with Gasteiger partial charge in [0, 0.05) is 48.3 Å². The van der Waals surface area contributed by atoms with Crippen molar-refractivity contribution in [3.05, 3.63) is 206 Å². The van der Waals surface area contributed by atoms with E-state index in [1.165, 1.54) is 85.4 Å². The molecule has 4 nitrogen and oxygen atoms in total. The number of benzene rings is 10. The number of para-hydroxylation sites is 4. The van der Waals surface area contributed by atoms with Gasteiger partial charge in [-0.2, -0.15) is 0 Å². The molecule has 0 aliphatic heterocycles. The Morgan fingerprint density at radius 1 is 0.365 bits per heavy atom. The maximum atomic E-state index is 5.56. The molecule has 0 saturated heterocycles. The smallest absolute Gasteiger partial charge is 0.165 e. The van der Waals surface area contributed by atoms with Crippen LogP contribution in [0.5, 0.6) is 0 Å². The van der Waals surface area contributed by atoms with Crippen molar-refractivity contribution >= 4 is 108 Å². The second kappa shape index (κ2) is 13.2. The summed E-state index contributed by atoms with van der Waals surface area (Å²) in [5.74, 6) is 0.821. The zero-order valence-corrected chi connectivity index (χ0v) is 34.6. The summed E-state index contributed by atoms with van der Waals surface area (Å²) in [6.07, 6.45) is 0. The van der Waals surface area contributed by atoms with Gasteiger partial charge < -0.3 is 4.57 Å². The van der Waals surface area contributed by atoms with Gasteiger partial charge in [-0.1, -0.05) is 146 Å². The lowest BCUT2D eigenvalue weighted by molar-refractivity contribution is 1.08. The van der Waals surface area contributed by atoms with Gasteiger partial charge in [-0.25, -0.2) is 9.97 Å². The molecule has 0 unspecified atom stereocenters. The molecule has 0 fully saturated rings. The first kappa shape index (κ1) is 34.6. The summed E-state index contributed by atoms with van der Waals surface area (Å²) in [4.78, 5) is 11.0. The minimum Gasteiger partial charge on any atom is -0.309 e. The number of fused-ring (bicyclic) bond motifs is 16. The monoisotopic (exact) mass is 818 g/mol. The molecule has 0 radical (unpaired) electrons. The van der Waals surface area contributed by atoms with Gasteiger partial charge in [0.2, 0.25) is 0 Å². The Kier molecular flexibility index (Phi) is 7.24. The van der Waals surface area contributed by atoms with Crippen molar-refractivity contribution in [3.8, 4) is 33.9 Å². The van der Waals surface area contributed by atoms with E-state index in [9.17, 15) is 0 Å². The summed E-state index contributed by atoms with van der Waals surface area (Å²) in [5, 5.41) is 12.5. The molecule has 14 aromatic rings. The fourth-order valence-corrected chi connectivity index (χ4v) is 11.6. The second-order valence-corrected chi connectivity index (χ2v) is 17.5. The minimum atomic E-state index is 0.821. The first-order valence-corrected chi connectivity index (χ1v) is 22.2. The van der Waals surface area contributed by atoms with Crippen LogP contribution < -0.4 is 0 Å². The van der Waals surface area contributed by atoms with Crippen molar-refractivity contribution in [2.45, 2.75) is 0 Å². The van der Waals surface area contributed by atoms with Crippen LogP contribution in [0.3, 0.4) is 0 Å². The summed E-state index contributed by atoms with van der Waals surface area (Å²) in [6.45, 7) is 0. The van der Waals surface area contributed by atoms with Gasteiger partial charge in [-0.05, 0) is 93.3 Å². The van der Waals surface area contributed by atoms with Crippen molar-refractivity contribution in [1.29, 1.82) is 0 Å². The maximum Gasteiger partial charge on any atom is 0.165 e. The van der Waals surface area contributed by atoms with E-state index in [2.05, 4.69) is 209 Å². The van der Waals surface area contributed by atoms with Gasteiger partial charge in [-0.15, -0.1) is 11.3 Å². The number of hydrogen-bond acceptors (Lipinski definition) is 3. The number of aromatic nitrogens is 4. The average Bonchev–Trinajstić information content (AvgIpc) is 4.02. The van der Waals surface area contributed by atoms with Gasteiger partial charge in [0.05, 0.1) is 37.8 Å². The van der Waals surface area contributed by atoms with Crippen LogP contribution in [0, 0.1) is 0 Å². The van der Waals surface area contributed by atoms with Crippen LogP contribution in [0.15, 0.2) is 206 Å². The third-order valence-electron chi connectivity index (χ3n) is 13.1. The number of rotatable bonds is 4. The van der Waals surface area contributed by atoms with E-state index in [1.54, 1.807) is 0 Å². The third-order valence-corrected chi connectivity index (χ3v) is 14.2. The SMILES string of the molecule is c1ccc(-c2nc3ccccc3nc2-n2c3ccc(-c4ccc5c(c4)c4ccccc4n5-c4ccccc4)cc3c3c4ccccc4c4c(sc5ccc6ccccc6c54)c32)cc1. The molecular formula is C58H34N4S. The lowest BCUT2D eigenvalue weighted by Crippen LogP contribution is -2.03. The predicted molar refractivity (Wildman–Crippen MR) is 267 cm³/mol. The molecule has 63 heavy (non-hydrogen) atoms. The molecule has 4 heterocycles. The Bertz CT molecular complexity index is 4200. The van der Waals surface area contributed by atoms with Crippen molar-refractivity contribution in [2.24, 2.45) is 0 Å². The Labute approximate surface area is 365 Å². The van der Waals surface area contributed by atoms with Crippen LogP contribution in [0.1, 0.15) is 0 Å². The summed E-state index contributed by atoms with van der Waals surface area (Å²) in [5.41, 5.74) is 11.8. The van der Waals surface area contributed by atoms with E-state index in [0.29, 0.717) is 0 Å². The molecule has 292 valence electrons. The molecule has 0 aliphatic rings. The Hall–Kier alpha value is -8.12. The molecule has 10 aromatic carbocycles. The highest BCUT2D eigenvalue weighted by atomic mass is 32.1. The van der Waals surface area contributed by atoms with Gasteiger partial charge in [0.15, 0.2) is 5.82 Å². The summed E-state index contributed by atoms with van der Waals surface area (Å²) in [7, 11) is 0. The molecule has 0 aliphatic carbocycles. The average molecular weight is 819 g/mol. The lowest BCUT2D eigenvalue weighted by Gasteiger charge is -2.14. The van der Waals surface area contributed by atoms with Gasteiger partial charge in [0.1, 0.15) is 5.69 Å². The standard InChI is InChI=1S/C58H34N4S/c1-3-16-36(17-4-1)55-58(60-47-25-13-12-24-46(47)59-55)62-50-31-28-38(37-27-30-49-44(33-37)41-21-11-14-26-48(41)61(49)39-18-5-2-6-19-39)34-45(50)52-42-22-9-10-23-43(42)54-53-40-20-8-7-15-35(40)29-32-51(53)63-57(54)56(52)62/h1-34H. The van der Waals surface area contributed by atoms with Crippen LogP contribution in [-0.2, 0) is 0 Å². The zero-order valence-electron chi connectivity index (χ0n) is 33.8. The largest absolute Gasteiger partial charge is 0.309 e. The van der Waals surface area contributed by atoms with Gasteiger partial charge in [-0.3, -0.25) is 4.57 Å². The first-order valence-electron chi connectivity index (χ1n) is 21.4. The van der Waals surface area contributed by atoms with Crippen LogP contribution in [0.25, 0.3) is 130 Å². The predicted octanol–water partition coefficient (Wildman–Crippen LogP) is 15.8. The number of nitrogens with zero attached hydrogens (tertiary/aromatic N) is 4. The highest BCUT2D eigenvalue weighted by Gasteiger charge is 2.26. The lowest BCUT2D eigenvalue weighted by atomic mass is 9.95. The number of hydrogen-bond donors (Lipinski definition) is 0. The van der Waals surface area contributed by atoms with E-state index in [0.717, 1.165) is 44.8 Å². The zero-order chi connectivity index (χ0) is 41.2. The van der Waals surface area contributed by atoms with Crippen molar-refractivity contribution < 1.29 is 0 Å². The van der Waals surface area contributed by atoms with E-state index < -0.39 is 0 Å². The first-order chi connectivity index (χ1) is 31.3. The Morgan fingerprint density at radius 3 is 1.73 bits per heavy atom. The van der Waals surface area contributed by atoms with Crippen LogP contribution in [-0.4, -0.2) is 19.1 Å². The molecule has 0 N–H and O–H groups in total. The summed E-state index contributed by atoms with van der Waals surface area (Å²) < 4.78 is 7.33. The molecule has 5 heteroatoms. The van der Waals surface area contributed by atoms with Crippen molar-refractivity contribution in [1.82, 2.24) is 19.1 Å². The topological polar surface area (TPSA) is 35.6 Å². The Balaban J connectivity index is 1.13. The van der Waals surface area contributed by atoms with E-state index >= 15 is 0 Å². The quantitative estimate of drug-likeness (QED) is 0.177. The molecule has 0 spiro atoms. The number of thiophene rings is 1. The molecule has 14 rings (SSSR count). The van der Waals surface area contributed by atoms with Crippen LogP contribution >= 0.6 is 11.3 Å². The summed E-state index contributed by atoms with van der Waals surface area (Å²) in [6, 6.07) is 74.6. The summed E-state index contributed by atoms with van der Waals surface area (Å²) >= 11 is 1.88. The van der Waals surface area contributed by atoms with Crippen LogP contribution in [0.4, 0.5) is 0 Å². The fraction of sp³-hybridized carbons (Fsp3) is 0. The Morgan fingerprint density at radius 2 is 0.952 bits per heavy atom. The molecule has 0 saturated carbocycles. The molecule has 0 bridgehead atoms. The van der Waals surface area contributed by atoms with Gasteiger partial charge >= 0.3 is 0 Å². The van der Waals surface area contributed by atoms with E-state index in [-0.39, 0.29) is 0 Å². The fourth-order valence-electron chi connectivity index (χ4n) is 10.3. The highest BCUT2D eigenvalue weighted by Crippen LogP contribution is 2.50.